The number of carbonyl (C=O) groups is 1. The minimum atomic E-state index is -0.509. The lowest BCUT2D eigenvalue weighted by atomic mass is 10.2. The summed E-state index contributed by atoms with van der Waals surface area (Å²) in [6.45, 7) is 1.95. The molecule has 2 N–H and O–H groups in total. The number of hydrogen-bond acceptors (Lipinski definition) is 3. The predicted molar refractivity (Wildman–Crippen MR) is 98.1 cm³/mol. The fraction of sp³-hybridized carbons (Fsp3) is 0.0526. The molecule has 0 aliphatic heterocycles. The van der Waals surface area contributed by atoms with Crippen LogP contribution in [-0.2, 0) is 0 Å². The van der Waals surface area contributed by atoms with Crippen LogP contribution in [0.25, 0.3) is 0 Å². The second-order valence-corrected chi connectivity index (χ2v) is 5.88. The van der Waals surface area contributed by atoms with Crippen molar-refractivity contribution in [3.05, 3.63) is 82.8 Å². The van der Waals surface area contributed by atoms with E-state index in [0.29, 0.717) is 22.8 Å². The summed E-state index contributed by atoms with van der Waals surface area (Å²) in [6.07, 6.45) is 1.57. The van der Waals surface area contributed by atoms with Crippen molar-refractivity contribution < 1.29 is 9.18 Å². The van der Waals surface area contributed by atoms with Crippen LogP contribution >= 0.6 is 11.6 Å². The van der Waals surface area contributed by atoms with Gasteiger partial charge in [0.25, 0.3) is 5.91 Å². The maximum Gasteiger partial charge on any atom is 0.259 e. The van der Waals surface area contributed by atoms with E-state index in [4.69, 9.17) is 11.6 Å². The molecule has 2 aromatic carbocycles. The summed E-state index contributed by atoms with van der Waals surface area (Å²) in [6, 6.07) is 15.1. The Morgan fingerprint density at radius 3 is 2.68 bits per heavy atom. The smallest absolute Gasteiger partial charge is 0.259 e. The average Bonchev–Trinajstić information content (AvgIpc) is 2.58. The lowest BCUT2D eigenvalue weighted by Crippen LogP contribution is -2.14. The number of carbonyl (C=O) groups excluding carboxylic acids is 1. The van der Waals surface area contributed by atoms with Crippen LogP contribution in [0.1, 0.15) is 15.9 Å². The first-order chi connectivity index (χ1) is 12.0. The molecular formula is C19H15ClFN3O. The van der Waals surface area contributed by atoms with Crippen LogP contribution in [-0.4, -0.2) is 10.9 Å². The van der Waals surface area contributed by atoms with Crippen molar-refractivity contribution in [3.8, 4) is 0 Å². The van der Waals surface area contributed by atoms with E-state index in [1.165, 1.54) is 18.2 Å². The number of nitrogens with zero attached hydrogens (tertiary/aromatic N) is 1. The van der Waals surface area contributed by atoms with E-state index in [1.54, 1.807) is 18.3 Å². The van der Waals surface area contributed by atoms with Crippen molar-refractivity contribution in [3.63, 3.8) is 0 Å². The molecular weight excluding hydrogens is 341 g/mol. The minimum Gasteiger partial charge on any atom is -0.340 e. The van der Waals surface area contributed by atoms with Gasteiger partial charge >= 0.3 is 0 Å². The number of nitrogens with one attached hydrogen (secondary N) is 2. The third-order valence-electron chi connectivity index (χ3n) is 3.51. The second kappa shape index (κ2) is 7.32. The van der Waals surface area contributed by atoms with Crippen LogP contribution in [0, 0.1) is 12.7 Å². The largest absolute Gasteiger partial charge is 0.340 e. The highest BCUT2D eigenvalue weighted by molar-refractivity contribution is 6.31. The molecule has 0 unspecified atom stereocenters. The monoisotopic (exact) mass is 355 g/mol. The summed E-state index contributed by atoms with van der Waals surface area (Å²) in [5, 5.41) is 5.83. The van der Waals surface area contributed by atoms with Gasteiger partial charge in [-0.3, -0.25) is 4.79 Å². The third kappa shape index (κ3) is 4.14. The molecule has 1 amide bonds. The van der Waals surface area contributed by atoms with Gasteiger partial charge in [-0.2, -0.15) is 0 Å². The normalized spacial score (nSPS) is 10.4. The summed E-state index contributed by atoms with van der Waals surface area (Å²) in [5.41, 5.74) is 2.65. The van der Waals surface area contributed by atoms with Crippen LogP contribution in [0.3, 0.4) is 0 Å². The number of benzene rings is 2. The van der Waals surface area contributed by atoms with Crippen molar-refractivity contribution in [1.29, 1.82) is 0 Å². The van der Waals surface area contributed by atoms with E-state index in [1.807, 2.05) is 31.2 Å². The van der Waals surface area contributed by atoms with Crippen LogP contribution in [0.4, 0.5) is 21.6 Å². The van der Waals surface area contributed by atoms with E-state index in [9.17, 15) is 9.18 Å². The molecule has 6 heteroatoms. The van der Waals surface area contributed by atoms with Crippen molar-refractivity contribution in [2.75, 3.05) is 10.6 Å². The van der Waals surface area contributed by atoms with Gasteiger partial charge in [0.15, 0.2) is 0 Å². The van der Waals surface area contributed by atoms with Crippen molar-refractivity contribution >= 4 is 34.7 Å². The Balaban J connectivity index is 1.85. The van der Waals surface area contributed by atoms with Gasteiger partial charge in [0, 0.05) is 17.6 Å². The van der Waals surface area contributed by atoms with Gasteiger partial charge < -0.3 is 10.6 Å². The van der Waals surface area contributed by atoms with Gasteiger partial charge in [-0.25, -0.2) is 9.37 Å². The third-order valence-corrected chi connectivity index (χ3v) is 3.80. The lowest BCUT2D eigenvalue weighted by Gasteiger charge is -2.12. The maximum absolute atomic E-state index is 13.3. The standard InChI is InChI=1S/C19H15ClFN3O/c1-12-4-2-5-13(10-12)24-19(25)15-6-3-9-22-18(15)23-14-7-8-17(21)16(20)11-14/h2-11H,1H3,(H,22,23)(H,24,25). The molecule has 0 bridgehead atoms. The lowest BCUT2D eigenvalue weighted by molar-refractivity contribution is 0.102. The topological polar surface area (TPSA) is 54.0 Å². The predicted octanol–water partition coefficient (Wildman–Crippen LogP) is 5.18. The first-order valence-electron chi connectivity index (χ1n) is 7.58. The zero-order chi connectivity index (χ0) is 17.8. The number of anilines is 3. The number of hydrogen-bond donors (Lipinski definition) is 2. The highest BCUT2D eigenvalue weighted by Gasteiger charge is 2.13. The van der Waals surface area contributed by atoms with Gasteiger partial charge in [0.2, 0.25) is 0 Å². The highest BCUT2D eigenvalue weighted by atomic mass is 35.5. The Morgan fingerprint density at radius 1 is 1.08 bits per heavy atom. The fourth-order valence-corrected chi connectivity index (χ4v) is 2.50. The van der Waals surface area contributed by atoms with Crippen LogP contribution in [0.15, 0.2) is 60.8 Å². The van der Waals surface area contributed by atoms with E-state index in [0.717, 1.165) is 5.56 Å². The molecule has 0 aliphatic carbocycles. The zero-order valence-electron chi connectivity index (χ0n) is 13.4. The van der Waals surface area contributed by atoms with E-state index >= 15 is 0 Å². The Morgan fingerprint density at radius 2 is 1.92 bits per heavy atom. The number of halogens is 2. The molecule has 3 rings (SSSR count). The summed E-state index contributed by atoms with van der Waals surface area (Å²) in [5.74, 6) is -0.449. The number of aryl methyl sites for hydroxylation is 1. The number of rotatable bonds is 4. The molecule has 4 nitrogen and oxygen atoms in total. The molecule has 0 radical (unpaired) electrons. The zero-order valence-corrected chi connectivity index (χ0v) is 14.1. The molecule has 0 saturated heterocycles. The summed E-state index contributed by atoms with van der Waals surface area (Å²) < 4.78 is 13.3. The molecule has 126 valence electrons. The first-order valence-corrected chi connectivity index (χ1v) is 7.96. The minimum absolute atomic E-state index is 0.00769. The van der Waals surface area contributed by atoms with Crippen LogP contribution in [0.5, 0.6) is 0 Å². The van der Waals surface area contributed by atoms with Crippen molar-refractivity contribution in [2.24, 2.45) is 0 Å². The molecule has 0 aliphatic rings. The number of aromatic nitrogens is 1. The second-order valence-electron chi connectivity index (χ2n) is 5.48. The summed E-state index contributed by atoms with van der Waals surface area (Å²) in [4.78, 5) is 16.8. The van der Waals surface area contributed by atoms with Crippen LogP contribution < -0.4 is 10.6 Å². The molecule has 1 heterocycles. The summed E-state index contributed by atoms with van der Waals surface area (Å²) in [7, 11) is 0. The highest BCUT2D eigenvalue weighted by Crippen LogP contribution is 2.24. The Hall–Kier alpha value is -2.92. The SMILES string of the molecule is Cc1cccc(NC(=O)c2cccnc2Nc2ccc(F)c(Cl)c2)c1. The Bertz CT molecular complexity index is 930. The molecule has 0 fully saturated rings. The Kier molecular flexibility index (Phi) is 4.95. The average molecular weight is 356 g/mol. The first kappa shape index (κ1) is 16.9. The number of amides is 1. The molecule has 0 atom stereocenters. The quantitative estimate of drug-likeness (QED) is 0.678. The summed E-state index contributed by atoms with van der Waals surface area (Å²) >= 11 is 5.79. The van der Waals surface area contributed by atoms with Gasteiger partial charge in [-0.15, -0.1) is 0 Å². The van der Waals surface area contributed by atoms with Crippen molar-refractivity contribution in [1.82, 2.24) is 4.98 Å². The van der Waals surface area contributed by atoms with Gasteiger partial charge in [-0.1, -0.05) is 23.7 Å². The molecule has 0 saturated carbocycles. The van der Waals surface area contributed by atoms with E-state index in [-0.39, 0.29) is 10.9 Å². The van der Waals surface area contributed by atoms with E-state index < -0.39 is 5.82 Å². The Labute approximate surface area is 149 Å². The van der Waals surface area contributed by atoms with Gasteiger partial charge in [0.1, 0.15) is 11.6 Å². The fourth-order valence-electron chi connectivity index (χ4n) is 2.32. The maximum atomic E-state index is 13.3. The van der Waals surface area contributed by atoms with Gasteiger partial charge in [0.05, 0.1) is 10.6 Å². The van der Waals surface area contributed by atoms with Crippen molar-refractivity contribution in [2.45, 2.75) is 6.92 Å². The van der Waals surface area contributed by atoms with E-state index in [2.05, 4.69) is 15.6 Å². The molecule has 1 aromatic heterocycles. The number of pyridine rings is 1. The molecule has 0 spiro atoms. The molecule has 3 aromatic rings. The van der Waals surface area contributed by atoms with Gasteiger partial charge in [-0.05, 0) is 55.0 Å². The molecule has 25 heavy (non-hydrogen) atoms. The van der Waals surface area contributed by atoms with Crippen LogP contribution in [0.2, 0.25) is 5.02 Å².